The molecule has 0 saturated heterocycles. The fourth-order valence-corrected chi connectivity index (χ4v) is 4.84. The average Bonchev–Trinajstić information content (AvgIpc) is 2.78. The Morgan fingerprint density at radius 1 is 0.560 bits per heavy atom. The van der Waals surface area contributed by atoms with Gasteiger partial charge in [0.25, 0.3) is 0 Å². The number of quaternary nitrogens is 1. The van der Waals surface area contributed by atoms with E-state index < -0.39 is 0 Å². The minimum absolute atomic E-state index is 0.00226. The van der Waals surface area contributed by atoms with Gasteiger partial charge in [-0.1, -0.05) is 84.9 Å². The third kappa shape index (κ3) is 1.88. The molecule has 0 amide bonds. The van der Waals surface area contributed by atoms with Gasteiger partial charge >= 0.3 is 0 Å². The molecule has 3 aromatic rings. The van der Waals surface area contributed by atoms with Gasteiger partial charge in [0.05, 0.1) is 14.1 Å². The topological polar surface area (TPSA) is 0 Å². The molecule has 3 aromatic carbocycles. The number of fused-ring (bicyclic) bond motifs is 1. The number of benzene rings is 3. The summed E-state index contributed by atoms with van der Waals surface area (Å²) < 4.78 is 0.855. The highest BCUT2D eigenvalue weighted by atomic mass is 15.4. The summed E-state index contributed by atoms with van der Waals surface area (Å²) in [5, 5.41) is 0. The second kappa shape index (κ2) is 5.31. The van der Waals surface area contributed by atoms with Gasteiger partial charge in [-0.3, -0.25) is 0 Å². The maximum atomic E-state index is 2.38. The number of rotatable bonds is 2. The summed E-state index contributed by atoms with van der Waals surface area (Å²) in [4.78, 5) is 0. The molecule has 0 spiro atoms. The predicted molar refractivity (Wildman–Crippen MR) is 104 cm³/mol. The van der Waals surface area contributed by atoms with E-state index in [-0.39, 0.29) is 11.1 Å². The van der Waals surface area contributed by atoms with Crippen LogP contribution in [-0.4, -0.2) is 18.6 Å². The lowest BCUT2D eigenvalue weighted by atomic mass is 9.76. The third-order valence-corrected chi connectivity index (χ3v) is 6.60. The summed E-state index contributed by atoms with van der Waals surface area (Å²) in [7, 11) is 4.75. The minimum Gasteiger partial charge on any atom is -0.304 e. The van der Waals surface area contributed by atoms with Crippen molar-refractivity contribution in [2.24, 2.45) is 0 Å². The van der Waals surface area contributed by atoms with Crippen LogP contribution in [0.25, 0.3) is 0 Å². The Balaban J connectivity index is 2.19. The number of hydrogen-bond donors (Lipinski definition) is 0. The summed E-state index contributed by atoms with van der Waals surface area (Å²) in [6.45, 7) is 4.75. The van der Waals surface area contributed by atoms with Crippen molar-refractivity contribution >= 4 is 0 Å². The van der Waals surface area contributed by atoms with Crippen LogP contribution in [0.2, 0.25) is 0 Å². The highest BCUT2D eigenvalue weighted by molar-refractivity contribution is 5.54. The van der Waals surface area contributed by atoms with E-state index in [0.29, 0.717) is 0 Å². The van der Waals surface area contributed by atoms with Crippen LogP contribution in [0.5, 0.6) is 0 Å². The molecule has 126 valence electrons. The lowest BCUT2D eigenvalue weighted by molar-refractivity contribution is -0.980. The van der Waals surface area contributed by atoms with E-state index in [9.17, 15) is 0 Å². The van der Waals surface area contributed by atoms with Crippen molar-refractivity contribution in [3.63, 3.8) is 0 Å². The van der Waals surface area contributed by atoms with Crippen molar-refractivity contribution in [1.29, 1.82) is 0 Å². The Morgan fingerprint density at radius 2 is 0.960 bits per heavy atom. The van der Waals surface area contributed by atoms with Crippen LogP contribution in [0.1, 0.15) is 36.1 Å². The third-order valence-electron chi connectivity index (χ3n) is 6.60. The zero-order valence-corrected chi connectivity index (χ0v) is 15.5. The monoisotopic (exact) mass is 328 g/mol. The molecule has 0 aromatic heterocycles. The van der Waals surface area contributed by atoms with Crippen molar-refractivity contribution in [1.82, 2.24) is 0 Å². The zero-order chi connectivity index (χ0) is 17.7. The first-order chi connectivity index (χ1) is 11.9. The second-order valence-electron chi connectivity index (χ2n) is 8.00. The van der Waals surface area contributed by atoms with Crippen molar-refractivity contribution in [2.75, 3.05) is 14.1 Å². The fourth-order valence-electron chi connectivity index (χ4n) is 4.84. The minimum atomic E-state index is -0.220. The molecule has 0 radical (unpaired) electrons. The molecule has 1 nitrogen and oxygen atoms in total. The van der Waals surface area contributed by atoms with Gasteiger partial charge in [0.2, 0.25) is 0 Å². The first kappa shape index (κ1) is 16.1. The Hall–Kier alpha value is -2.38. The molecule has 0 fully saturated rings. The Morgan fingerprint density at radius 3 is 1.44 bits per heavy atom. The van der Waals surface area contributed by atoms with Gasteiger partial charge in [0.1, 0.15) is 5.54 Å². The van der Waals surface area contributed by atoms with Crippen LogP contribution in [0.15, 0.2) is 84.9 Å². The molecule has 1 heteroatoms. The van der Waals surface area contributed by atoms with E-state index in [0.717, 1.165) is 4.48 Å². The molecule has 0 N–H and O–H groups in total. The molecule has 4 rings (SSSR count). The highest BCUT2D eigenvalue weighted by Crippen LogP contribution is 2.59. The predicted octanol–water partition coefficient (Wildman–Crippen LogP) is 5.30. The molecule has 0 saturated carbocycles. The Bertz CT molecular complexity index is 852. The number of nitrogens with zero attached hydrogens (tertiary/aromatic N) is 1. The van der Waals surface area contributed by atoms with Gasteiger partial charge in [-0.2, -0.15) is 0 Å². The van der Waals surface area contributed by atoms with Gasteiger partial charge in [0.15, 0.2) is 5.54 Å². The van der Waals surface area contributed by atoms with Gasteiger partial charge in [-0.25, -0.2) is 0 Å². The highest BCUT2D eigenvalue weighted by Gasteiger charge is 2.64. The SMILES string of the molecule is CC1(C)c2ccccc2C(c2ccccc2)(c2ccccc2)[N+]1(C)C. The normalized spacial score (nSPS) is 19.4. The molecular formula is C24H26N+. The lowest BCUT2D eigenvalue weighted by Crippen LogP contribution is -2.61. The van der Waals surface area contributed by atoms with Crippen LogP contribution in [0.4, 0.5) is 0 Å². The lowest BCUT2D eigenvalue weighted by Gasteiger charge is -2.51. The van der Waals surface area contributed by atoms with Crippen molar-refractivity contribution in [2.45, 2.75) is 24.9 Å². The van der Waals surface area contributed by atoms with Gasteiger partial charge in [-0.15, -0.1) is 0 Å². The summed E-state index contributed by atoms with van der Waals surface area (Å²) >= 11 is 0. The van der Waals surface area contributed by atoms with Crippen LogP contribution in [0.3, 0.4) is 0 Å². The first-order valence-electron chi connectivity index (χ1n) is 8.99. The van der Waals surface area contributed by atoms with E-state index in [4.69, 9.17) is 0 Å². The fraction of sp³-hybridized carbons (Fsp3) is 0.250. The molecule has 1 aliphatic rings. The smallest absolute Gasteiger partial charge is 0.177 e. The van der Waals surface area contributed by atoms with Crippen LogP contribution in [-0.2, 0) is 11.1 Å². The largest absolute Gasteiger partial charge is 0.304 e. The zero-order valence-electron chi connectivity index (χ0n) is 15.5. The molecule has 1 heterocycles. The van der Waals surface area contributed by atoms with E-state index in [2.05, 4.69) is 113 Å². The molecular weight excluding hydrogens is 302 g/mol. The molecule has 1 aliphatic heterocycles. The maximum absolute atomic E-state index is 2.38. The summed E-state index contributed by atoms with van der Waals surface area (Å²) in [5.41, 5.74) is 5.34. The Labute approximate surface area is 151 Å². The molecule has 25 heavy (non-hydrogen) atoms. The van der Waals surface area contributed by atoms with Gasteiger partial charge in [-0.05, 0) is 13.8 Å². The Kier molecular flexibility index (Phi) is 3.42. The van der Waals surface area contributed by atoms with Crippen LogP contribution in [0, 0.1) is 0 Å². The van der Waals surface area contributed by atoms with E-state index >= 15 is 0 Å². The van der Waals surface area contributed by atoms with Crippen molar-refractivity contribution in [3.8, 4) is 0 Å². The van der Waals surface area contributed by atoms with Gasteiger partial charge in [0, 0.05) is 22.3 Å². The molecule has 0 aliphatic carbocycles. The van der Waals surface area contributed by atoms with E-state index in [1.54, 1.807) is 0 Å². The first-order valence-corrected chi connectivity index (χ1v) is 8.99. The molecule has 0 unspecified atom stereocenters. The maximum Gasteiger partial charge on any atom is 0.177 e. The van der Waals surface area contributed by atoms with Crippen LogP contribution < -0.4 is 0 Å². The summed E-state index contributed by atoms with van der Waals surface area (Å²) in [6.07, 6.45) is 0. The van der Waals surface area contributed by atoms with Crippen LogP contribution >= 0.6 is 0 Å². The quantitative estimate of drug-likeness (QED) is 0.560. The van der Waals surface area contributed by atoms with Crippen molar-refractivity contribution in [3.05, 3.63) is 107 Å². The molecule has 0 bridgehead atoms. The molecule has 0 atom stereocenters. The van der Waals surface area contributed by atoms with Gasteiger partial charge < -0.3 is 4.48 Å². The summed E-state index contributed by atoms with van der Waals surface area (Å²) in [5.74, 6) is 0. The average molecular weight is 328 g/mol. The van der Waals surface area contributed by atoms with E-state index in [1.165, 1.54) is 22.3 Å². The van der Waals surface area contributed by atoms with Crippen molar-refractivity contribution < 1.29 is 4.48 Å². The van der Waals surface area contributed by atoms with E-state index in [1.807, 2.05) is 0 Å². The number of hydrogen-bond acceptors (Lipinski definition) is 0. The second-order valence-corrected chi connectivity index (χ2v) is 8.00. The summed E-state index contributed by atoms with van der Waals surface area (Å²) in [6, 6.07) is 31.0. The standard InChI is InChI=1S/C24H26N/c1-23(2)21-17-11-12-18-22(21)24(25(23,3)4,19-13-7-5-8-14-19)20-15-9-6-10-16-20/h5-18H,1-4H3/q+1.